The molecule has 6 heteroatoms. The van der Waals surface area contributed by atoms with E-state index in [2.05, 4.69) is 59.4 Å². The maximum Gasteiger partial charge on any atom is 0.254 e. The van der Waals surface area contributed by atoms with Gasteiger partial charge in [0.15, 0.2) is 0 Å². The molecule has 1 N–H and O–H groups in total. The number of nitrogens with zero attached hydrogens (tertiary/aromatic N) is 4. The van der Waals surface area contributed by atoms with Crippen LogP contribution in [-0.2, 0) is 19.9 Å². The topological polar surface area (TPSA) is 66.8 Å². The van der Waals surface area contributed by atoms with Gasteiger partial charge in [0.2, 0.25) is 0 Å². The van der Waals surface area contributed by atoms with Crippen LogP contribution in [0.2, 0.25) is 0 Å². The first-order valence-electron chi connectivity index (χ1n) is 10.9. The first kappa shape index (κ1) is 19.8. The van der Waals surface area contributed by atoms with Crippen LogP contribution in [0.4, 0.5) is 0 Å². The van der Waals surface area contributed by atoms with Crippen molar-refractivity contribution in [2.24, 2.45) is 12.5 Å². The molecule has 6 nitrogen and oxygen atoms in total. The number of imidazole rings is 2. The third kappa shape index (κ3) is 3.30. The number of nitrogens with one attached hydrogen (secondary N) is 1. The average Bonchev–Trinajstić information content (AvgIpc) is 3.23. The summed E-state index contributed by atoms with van der Waals surface area (Å²) in [5.41, 5.74) is 7.26. The molecule has 4 aromatic rings. The van der Waals surface area contributed by atoms with Gasteiger partial charge in [0.1, 0.15) is 5.82 Å². The highest BCUT2D eigenvalue weighted by molar-refractivity contribution is 5.97. The highest BCUT2D eigenvalue weighted by atomic mass is 16.2. The van der Waals surface area contributed by atoms with Crippen molar-refractivity contribution in [3.8, 4) is 0 Å². The quantitative estimate of drug-likeness (QED) is 0.501. The maximum absolute atomic E-state index is 13.7. The zero-order valence-corrected chi connectivity index (χ0v) is 18.9. The molecule has 0 bridgehead atoms. The molecule has 3 heterocycles. The number of fused-ring (bicyclic) bond motifs is 3. The molecule has 0 saturated carbocycles. The number of rotatable bonds is 1. The summed E-state index contributed by atoms with van der Waals surface area (Å²) in [5.74, 6) is 1.11. The monoisotopic (exact) mass is 415 g/mol. The fourth-order valence-corrected chi connectivity index (χ4v) is 4.83. The predicted octanol–water partition coefficient (Wildman–Crippen LogP) is 4.41. The zero-order chi connectivity index (χ0) is 21.9. The molecule has 0 spiro atoms. The standard InChI is InChI=1S/C25H29N5O/c1-15-28-21-11-18-13-23(25(2,3)4)30(9-8-16(18)12-22(21)29(15)5)24(31)17-6-7-19-20(10-17)27-14-26-19/h6-7,10-12,14,23H,8-9,13H2,1-5H3,(H,26,27). The van der Waals surface area contributed by atoms with Crippen LogP contribution in [0.25, 0.3) is 22.1 Å². The van der Waals surface area contributed by atoms with Gasteiger partial charge in [-0.15, -0.1) is 0 Å². The van der Waals surface area contributed by atoms with E-state index in [1.165, 1.54) is 11.1 Å². The first-order valence-corrected chi connectivity index (χ1v) is 10.9. The highest BCUT2D eigenvalue weighted by Crippen LogP contribution is 2.34. The number of H-pyrrole nitrogens is 1. The van der Waals surface area contributed by atoms with Gasteiger partial charge in [0, 0.05) is 25.2 Å². The number of aromatic nitrogens is 4. The molecule has 1 atom stereocenters. The van der Waals surface area contributed by atoms with Crippen LogP contribution in [0.1, 0.15) is 48.1 Å². The van der Waals surface area contributed by atoms with Crippen molar-refractivity contribution >= 4 is 28.0 Å². The molecule has 2 aromatic carbocycles. The molecule has 0 aliphatic carbocycles. The Bertz CT molecular complexity index is 1310. The number of aryl methyl sites for hydroxylation is 2. The van der Waals surface area contributed by atoms with E-state index in [-0.39, 0.29) is 17.4 Å². The Labute approximate surface area is 182 Å². The van der Waals surface area contributed by atoms with Gasteiger partial charge in [-0.25, -0.2) is 9.97 Å². The van der Waals surface area contributed by atoms with E-state index in [0.717, 1.165) is 40.7 Å². The van der Waals surface area contributed by atoms with E-state index < -0.39 is 0 Å². The molecule has 0 saturated heterocycles. The molecule has 1 amide bonds. The van der Waals surface area contributed by atoms with Crippen molar-refractivity contribution in [2.75, 3.05) is 6.54 Å². The van der Waals surface area contributed by atoms with Crippen LogP contribution < -0.4 is 0 Å². The molecule has 2 aromatic heterocycles. The third-order valence-corrected chi connectivity index (χ3v) is 6.77. The Morgan fingerprint density at radius 2 is 1.94 bits per heavy atom. The Morgan fingerprint density at radius 1 is 1.13 bits per heavy atom. The van der Waals surface area contributed by atoms with Crippen molar-refractivity contribution in [3.63, 3.8) is 0 Å². The van der Waals surface area contributed by atoms with Gasteiger partial charge in [0.05, 0.1) is 28.4 Å². The zero-order valence-electron chi connectivity index (χ0n) is 18.9. The van der Waals surface area contributed by atoms with Crippen LogP contribution in [0.15, 0.2) is 36.7 Å². The Morgan fingerprint density at radius 3 is 2.71 bits per heavy atom. The summed E-state index contributed by atoms with van der Waals surface area (Å²) in [6, 6.07) is 10.3. The van der Waals surface area contributed by atoms with Crippen molar-refractivity contribution < 1.29 is 4.79 Å². The summed E-state index contributed by atoms with van der Waals surface area (Å²) in [5, 5.41) is 0. The SMILES string of the molecule is Cc1nc2cc3c(cc2n1C)CCN(C(=O)c1ccc2nc[nH]c2c1)C(C(C)(C)C)C3. The van der Waals surface area contributed by atoms with Crippen LogP contribution in [0.3, 0.4) is 0 Å². The Kier molecular flexibility index (Phi) is 4.43. The molecule has 0 fully saturated rings. The lowest BCUT2D eigenvalue weighted by atomic mass is 9.81. The fraction of sp³-hybridized carbons (Fsp3) is 0.400. The second-order valence-corrected chi connectivity index (χ2v) is 9.80. The number of hydrogen-bond donors (Lipinski definition) is 1. The average molecular weight is 416 g/mol. The molecule has 1 aliphatic rings. The maximum atomic E-state index is 13.7. The van der Waals surface area contributed by atoms with Crippen molar-refractivity contribution in [2.45, 2.75) is 46.6 Å². The normalized spacial score (nSPS) is 17.2. The number of carbonyl (C=O) groups is 1. The minimum Gasteiger partial charge on any atom is -0.345 e. The second-order valence-electron chi connectivity index (χ2n) is 9.80. The van der Waals surface area contributed by atoms with E-state index in [1.807, 2.05) is 25.1 Å². The van der Waals surface area contributed by atoms with Crippen LogP contribution in [0.5, 0.6) is 0 Å². The number of benzene rings is 2. The number of hydrogen-bond acceptors (Lipinski definition) is 3. The van der Waals surface area contributed by atoms with Gasteiger partial charge in [-0.05, 0) is 66.6 Å². The Balaban J connectivity index is 1.55. The summed E-state index contributed by atoms with van der Waals surface area (Å²) in [6.07, 6.45) is 3.35. The molecule has 5 rings (SSSR count). The summed E-state index contributed by atoms with van der Waals surface area (Å²) in [7, 11) is 2.06. The lowest BCUT2D eigenvalue weighted by Crippen LogP contribution is -2.48. The molecule has 0 radical (unpaired) electrons. The second kappa shape index (κ2) is 6.94. The molecular formula is C25H29N5O. The summed E-state index contributed by atoms with van der Waals surface area (Å²) in [4.78, 5) is 27.9. The molecule has 160 valence electrons. The van der Waals surface area contributed by atoms with Crippen LogP contribution in [0, 0.1) is 12.3 Å². The minimum absolute atomic E-state index is 0.0512. The van der Waals surface area contributed by atoms with Crippen LogP contribution in [-0.4, -0.2) is 42.9 Å². The number of amides is 1. The summed E-state index contributed by atoms with van der Waals surface area (Å²) >= 11 is 0. The van der Waals surface area contributed by atoms with E-state index in [4.69, 9.17) is 4.98 Å². The summed E-state index contributed by atoms with van der Waals surface area (Å²) < 4.78 is 2.14. The van der Waals surface area contributed by atoms with Crippen molar-refractivity contribution in [3.05, 3.63) is 59.2 Å². The minimum atomic E-state index is -0.0512. The molecular weight excluding hydrogens is 386 g/mol. The molecule has 1 unspecified atom stereocenters. The Hall–Kier alpha value is -3.15. The third-order valence-electron chi connectivity index (χ3n) is 6.77. The number of aromatic amines is 1. The van der Waals surface area contributed by atoms with E-state index in [1.54, 1.807) is 6.33 Å². The summed E-state index contributed by atoms with van der Waals surface area (Å²) in [6.45, 7) is 9.43. The van der Waals surface area contributed by atoms with Gasteiger partial charge >= 0.3 is 0 Å². The lowest BCUT2D eigenvalue weighted by molar-refractivity contribution is 0.0532. The van der Waals surface area contributed by atoms with Crippen molar-refractivity contribution in [1.82, 2.24) is 24.4 Å². The van der Waals surface area contributed by atoms with E-state index in [0.29, 0.717) is 12.1 Å². The van der Waals surface area contributed by atoms with Crippen LogP contribution >= 0.6 is 0 Å². The van der Waals surface area contributed by atoms with E-state index in [9.17, 15) is 4.79 Å². The lowest BCUT2D eigenvalue weighted by Gasteiger charge is -2.39. The van der Waals surface area contributed by atoms with Crippen molar-refractivity contribution in [1.29, 1.82) is 0 Å². The first-order chi connectivity index (χ1) is 14.7. The van der Waals surface area contributed by atoms with Gasteiger partial charge in [0.25, 0.3) is 5.91 Å². The predicted molar refractivity (Wildman–Crippen MR) is 123 cm³/mol. The highest BCUT2D eigenvalue weighted by Gasteiger charge is 2.36. The number of carbonyl (C=O) groups excluding carboxylic acids is 1. The molecule has 31 heavy (non-hydrogen) atoms. The largest absolute Gasteiger partial charge is 0.345 e. The van der Waals surface area contributed by atoms with E-state index >= 15 is 0 Å². The van der Waals surface area contributed by atoms with Gasteiger partial charge in [-0.1, -0.05) is 20.8 Å². The molecule has 1 aliphatic heterocycles. The van der Waals surface area contributed by atoms with Gasteiger partial charge < -0.3 is 14.5 Å². The van der Waals surface area contributed by atoms with Gasteiger partial charge in [-0.2, -0.15) is 0 Å². The van der Waals surface area contributed by atoms with Gasteiger partial charge in [-0.3, -0.25) is 4.79 Å². The smallest absolute Gasteiger partial charge is 0.254 e. The fourth-order valence-electron chi connectivity index (χ4n) is 4.83.